The van der Waals surface area contributed by atoms with Crippen LogP contribution in [-0.4, -0.2) is 18.1 Å². The zero-order chi connectivity index (χ0) is 11.8. The Kier molecular flexibility index (Phi) is 2.80. The Bertz CT molecular complexity index is 387. The van der Waals surface area contributed by atoms with Crippen LogP contribution in [0.25, 0.3) is 0 Å². The van der Waals surface area contributed by atoms with Gasteiger partial charge in [0.1, 0.15) is 5.75 Å². The minimum atomic E-state index is -4.18. The van der Waals surface area contributed by atoms with Gasteiger partial charge in [0, 0.05) is 0 Å². The van der Waals surface area contributed by atoms with Gasteiger partial charge in [0.15, 0.2) is 6.79 Å². The van der Waals surface area contributed by atoms with Gasteiger partial charge >= 0.3 is 6.18 Å². The predicted octanol–water partition coefficient (Wildman–Crippen LogP) is 2.61. The van der Waals surface area contributed by atoms with Crippen LogP contribution in [0.15, 0.2) is 18.2 Å². The number of rotatable bonds is 2. The summed E-state index contributed by atoms with van der Waals surface area (Å²) in [6.07, 6.45) is -3.67. The van der Waals surface area contributed by atoms with Gasteiger partial charge in [0.2, 0.25) is 0 Å². The van der Waals surface area contributed by atoms with Crippen LogP contribution in [0.2, 0.25) is 0 Å². The van der Waals surface area contributed by atoms with Crippen molar-refractivity contribution in [3.63, 3.8) is 0 Å². The minimum Gasteiger partial charge on any atom is -0.468 e. The summed E-state index contributed by atoms with van der Waals surface area (Å²) in [6, 6.07) is 4.46. The molecule has 5 heteroatoms. The van der Waals surface area contributed by atoms with E-state index in [9.17, 15) is 13.2 Å². The minimum absolute atomic E-state index is 0.0986. The topological polar surface area (TPSA) is 29.5 Å². The van der Waals surface area contributed by atoms with Crippen molar-refractivity contribution in [2.24, 2.45) is 0 Å². The fourth-order valence-electron chi connectivity index (χ4n) is 2.10. The number of benzene rings is 1. The largest absolute Gasteiger partial charge is 0.468 e. The first kappa shape index (κ1) is 11.3. The number of aryl methyl sites for hydroxylation is 1. The van der Waals surface area contributed by atoms with E-state index in [4.69, 9.17) is 9.84 Å². The van der Waals surface area contributed by atoms with Crippen molar-refractivity contribution in [2.45, 2.75) is 24.9 Å². The molecule has 0 saturated heterocycles. The number of aliphatic hydroxyl groups excluding tert-OH is 1. The van der Waals surface area contributed by atoms with Crippen molar-refractivity contribution in [3.8, 4) is 5.75 Å². The van der Waals surface area contributed by atoms with E-state index in [0.717, 1.165) is 0 Å². The van der Waals surface area contributed by atoms with E-state index >= 15 is 0 Å². The van der Waals surface area contributed by atoms with Gasteiger partial charge in [0.25, 0.3) is 0 Å². The second kappa shape index (κ2) is 3.97. The standard InChI is InChI=1S/C11H11F3O2/c12-11(13,14)10-4-1-7-5-8(16-6-15)2-3-9(7)10/h2-3,5,10,15H,1,4,6H2. The Hall–Kier alpha value is -1.23. The first-order valence-corrected chi connectivity index (χ1v) is 4.95. The Balaban J connectivity index is 2.29. The van der Waals surface area contributed by atoms with Crippen LogP contribution in [0.4, 0.5) is 13.2 Å². The number of hydrogen-bond acceptors (Lipinski definition) is 2. The zero-order valence-corrected chi connectivity index (χ0v) is 8.42. The molecule has 2 nitrogen and oxygen atoms in total. The third-order valence-electron chi connectivity index (χ3n) is 2.82. The summed E-state index contributed by atoms with van der Waals surface area (Å²) in [7, 11) is 0. The molecule has 0 radical (unpaired) electrons. The molecule has 1 aromatic rings. The fourth-order valence-corrected chi connectivity index (χ4v) is 2.10. The predicted molar refractivity (Wildman–Crippen MR) is 51.3 cm³/mol. The molecular formula is C11H11F3O2. The highest BCUT2D eigenvalue weighted by Gasteiger charge is 2.44. The first-order chi connectivity index (χ1) is 7.52. The Morgan fingerprint density at radius 1 is 1.38 bits per heavy atom. The van der Waals surface area contributed by atoms with Gasteiger partial charge in [-0.1, -0.05) is 6.07 Å². The van der Waals surface area contributed by atoms with Crippen molar-refractivity contribution in [3.05, 3.63) is 29.3 Å². The van der Waals surface area contributed by atoms with E-state index in [1.165, 1.54) is 12.1 Å². The molecule has 16 heavy (non-hydrogen) atoms. The molecular weight excluding hydrogens is 221 g/mol. The van der Waals surface area contributed by atoms with Gasteiger partial charge in [0.05, 0.1) is 5.92 Å². The number of aliphatic hydroxyl groups is 1. The number of hydrogen-bond donors (Lipinski definition) is 1. The summed E-state index contributed by atoms with van der Waals surface area (Å²) in [5, 5.41) is 8.55. The summed E-state index contributed by atoms with van der Waals surface area (Å²) in [6.45, 7) is -0.471. The molecule has 0 heterocycles. The smallest absolute Gasteiger partial charge is 0.395 e. The van der Waals surface area contributed by atoms with Gasteiger partial charge < -0.3 is 9.84 Å². The molecule has 88 valence electrons. The molecule has 1 aliphatic rings. The van der Waals surface area contributed by atoms with Gasteiger partial charge in [-0.15, -0.1) is 0 Å². The van der Waals surface area contributed by atoms with E-state index < -0.39 is 18.9 Å². The third kappa shape index (κ3) is 2.00. The normalized spacial score (nSPS) is 19.6. The highest BCUT2D eigenvalue weighted by atomic mass is 19.4. The van der Waals surface area contributed by atoms with Crippen LogP contribution in [0, 0.1) is 0 Å². The summed E-state index contributed by atoms with van der Waals surface area (Å²) in [5.74, 6) is -0.949. The molecule has 0 fully saturated rings. The molecule has 0 aromatic heterocycles. The lowest BCUT2D eigenvalue weighted by molar-refractivity contribution is -0.149. The van der Waals surface area contributed by atoms with Crippen molar-refractivity contribution < 1.29 is 23.0 Å². The molecule has 2 rings (SSSR count). The lowest BCUT2D eigenvalue weighted by atomic mass is 10.0. The van der Waals surface area contributed by atoms with Crippen LogP contribution in [0.1, 0.15) is 23.5 Å². The second-order valence-corrected chi connectivity index (χ2v) is 3.77. The van der Waals surface area contributed by atoms with Crippen molar-refractivity contribution >= 4 is 0 Å². The molecule has 0 aliphatic heterocycles. The quantitative estimate of drug-likeness (QED) is 0.794. The lowest BCUT2D eigenvalue weighted by Gasteiger charge is -2.15. The lowest BCUT2D eigenvalue weighted by Crippen LogP contribution is -2.18. The molecule has 0 bridgehead atoms. The number of alkyl halides is 3. The highest BCUT2D eigenvalue weighted by molar-refractivity contribution is 5.41. The van der Waals surface area contributed by atoms with E-state index in [2.05, 4.69) is 0 Å². The molecule has 1 N–H and O–H groups in total. The van der Waals surface area contributed by atoms with Gasteiger partial charge in [-0.05, 0) is 36.1 Å². The van der Waals surface area contributed by atoms with Crippen molar-refractivity contribution in [1.82, 2.24) is 0 Å². The fraction of sp³-hybridized carbons (Fsp3) is 0.455. The number of fused-ring (bicyclic) bond motifs is 1. The molecule has 1 aromatic carbocycles. The molecule has 0 spiro atoms. The average Bonchev–Trinajstić information content (AvgIpc) is 2.60. The summed E-state index contributed by atoms with van der Waals surface area (Å²) >= 11 is 0. The molecule has 1 atom stereocenters. The molecule has 0 saturated carbocycles. The van der Waals surface area contributed by atoms with E-state index in [1.54, 1.807) is 6.07 Å². The van der Waals surface area contributed by atoms with Gasteiger partial charge in [-0.25, -0.2) is 0 Å². The van der Waals surface area contributed by atoms with Crippen molar-refractivity contribution in [1.29, 1.82) is 0 Å². The zero-order valence-electron chi connectivity index (χ0n) is 8.42. The van der Waals surface area contributed by atoms with E-state index in [-0.39, 0.29) is 6.42 Å². The number of halogens is 3. The summed E-state index contributed by atoms with van der Waals surface area (Å²) in [4.78, 5) is 0. The Labute approximate surface area is 90.7 Å². The maximum atomic E-state index is 12.6. The van der Waals surface area contributed by atoms with Crippen LogP contribution in [0.3, 0.4) is 0 Å². The summed E-state index contributed by atoms with van der Waals surface area (Å²) in [5.41, 5.74) is 0.992. The van der Waals surface area contributed by atoms with Gasteiger partial charge in [-0.2, -0.15) is 13.2 Å². The van der Waals surface area contributed by atoms with Crippen molar-refractivity contribution in [2.75, 3.05) is 6.79 Å². The maximum Gasteiger partial charge on any atom is 0.395 e. The Morgan fingerprint density at radius 3 is 2.75 bits per heavy atom. The van der Waals surface area contributed by atoms with E-state index in [1.807, 2.05) is 0 Å². The monoisotopic (exact) mass is 232 g/mol. The van der Waals surface area contributed by atoms with Crippen LogP contribution >= 0.6 is 0 Å². The van der Waals surface area contributed by atoms with Crippen LogP contribution in [0.5, 0.6) is 5.75 Å². The van der Waals surface area contributed by atoms with E-state index in [0.29, 0.717) is 23.3 Å². The van der Waals surface area contributed by atoms with Crippen LogP contribution in [-0.2, 0) is 6.42 Å². The van der Waals surface area contributed by atoms with Gasteiger partial charge in [-0.3, -0.25) is 0 Å². The molecule has 1 unspecified atom stereocenters. The molecule has 0 amide bonds. The second-order valence-electron chi connectivity index (χ2n) is 3.77. The SMILES string of the molecule is OCOc1ccc2c(c1)CCC2C(F)(F)F. The highest BCUT2D eigenvalue weighted by Crippen LogP contribution is 2.45. The maximum absolute atomic E-state index is 12.6. The Morgan fingerprint density at radius 2 is 2.12 bits per heavy atom. The number of ether oxygens (including phenoxy) is 1. The third-order valence-corrected chi connectivity index (χ3v) is 2.82. The van der Waals surface area contributed by atoms with Crippen LogP contribution < -0.4 is 4.74 Å². The summed E-state index contributed by atoms with van der Waals surface area (Å²) < 4.78 is 42.7. The first-order valence-electron chi connectivity index (χ1n) is 4.95. The average molecular weight is 232 g/mol. The molecule has 1 aliphatic carbocycles.